The van der Waals surface area contributed by atoms with E-state index in [1.165, 1.54) is 12.8 Å². The molecule has 1 saturated heterocycles. The van der Waals surface area contributed by atoms with Crippen molar-refractivity contribution in [1.29, 1.82) is 0 Å². The number of hydrogen-bond acceptors (Lipinski definition) is 5. The Morgan fingerprint density at radius 1 is 1.12 bits per heavy atom. The van der Waals surface area contributed by atoms with Gasteiger partial charge in [-0.3, -0.25) is 19.1 Å². The number of rotatable bonds is 6. The number of H-pyrrole nitrogens is 1. The number of carbonyl (C=O) groups is 2. The van der Waals surface area contributed by atoms with Crippen LogP contribution in [0.5, 0.6) is 0 Å². The number of nitrogens with zero attached hydrogens (tertiary/aromatic N) is 4. The molecule has 9 heteroatoms. The van der Waals surface area contributed by atoms with E-state index in [1.54, 1.807) is 0 Å². The number of amides is 2. The van der Waals surface area contributed by atoms with Crippen LogP contribution in [0.3, 0.4) is 0 Å². The first-order valence-corrected chi connectivity index (χ1v) is 14.4. The van der Waals surface area contributed by atoms with E-state index < -0.39 is 0 Å². The van der Waals surface area contributed by atoms with Gasteiger partial charge in [0.15, 0.2) is 0 Å². The summed E-state index contributed by atoms with van der Waals surface area (Å²) in [6.45, 7) is 6.83. The molecule has 6 rings (SSSR count). The standard InChI is InChI=1S/C31H38N6O3/c1-19-12-20(2)34-30(39)26(19)15-32-29(38)25-13-22(14-28-27(25)16-33-37(28)24-6-4-5-7-24)21-8-10-36(11-9-21)31(40)23-17-35(3)18-23/h8,12-14,16,23-24H,4-7,9-11,15,17-18H2,1-3H3,(H,32,38)(H,34,39). The number of benzene rings is 1. The van der Waals surface area contributed by atoms with Crippen LogP contribution in [0.15, 0.2) is 35.3 Å². The van der Waals surface area contributed by atoms with Gasteiger partial charge < -0.3 is 20.1 Å². The van der Waals surface area contributed by atoms with Crippen LogP contribution in [-0.2, 0) is 11.3 Å². The highest BCUT2D eigenvalue weighted by atomic mass is 16.2. The average Bonchev–Trinajstić information content (AvgIpc) is 3.60. The molecule has 0 spiro atoms. The molecule has 0 unspecified atom stereocenters. The van der Waals surface area contributed by atoms with Crippen molar-refractivity contribution in [3.63, 3.8) is 0 Å². The number of aromatic amines is 1. The summed E-state index contributed by atoms with van der Waals surface area (Å²) in [6, 6.07) is 6.37. The summed E-state index contributed by atoms with van der Waals surface area (Å²) in [6.07, 6.45) is 9.25. The molecule has 1 aliphatic carbocycles. The van der Waals surface area contributed by atoms with Gasteiger partial charge >= 0.3 is 0 Å². The zero-order chi connectivity index (χ0) is 28.0. The van der Waals surface area contributed by atoms with Crippen molar-refractivity contribution in [2.45, 2.75) is 58.5 Å². The highest BCUT2D eigenvalue weighted by Gasteiger charge is 2.33. The molecular formula is C31H38N6O3. The van der Waals surface area contributed by atoms with E-state index in [4.69, 9.17) is 5.10 Å². The van der Waals surface area contributed by atoms with Gasteiger partial charge in [-0.15, -0.1) is 0 Å². The van der Waals surface area contributed by atoms with Gasteiger partial charge in [0.1, 0.15) is 0 Å². The molecule has 2 amide bonds. The Kier molecular flexibility index (Phi) is 7.08. The zero-order valence-corrected chi connectivity index (χ0v) is 23.6. The monoisotopic (exact) mass is 542 g/mol. The quantitative estimate of drug-likeness (QED) is 0.496. The van der Waals surface area contributed by atoms with E-state index >= 15 is 0 Å². The van der Waals surface area contributed by atoms with E-state index in [-0.39, 0.29) is 29.8 Å². The molecule has 9 nitrogen and oxygen atoms in total. The Hall–Kier alpha value is -3.72. The lowest BCUT2D eigenvalue weighted by atomic mass is 9.94. The fourth-order valence-corrected chi connectivity index (χ4v) is 6.57. The Labute approximate surface area is 234 Å². The lowest BCUT2D eigenvalue weighted by molar-refractivity contribution is -0.140. The van der Waals surface area contributed by atoms with E-state index in [0.29, 0.717) is 30.3 Å². The van der Waals surface area contributed by atoms with Crippen LogP contribution in [0.2, 0.25) is 0 Å². The van der Waals surface area contributed by atoms with Crippen molar-refractivity contribution in [3.8, 4) is 0 Å². The van der Waals surface area contributed by atoms with Crippen molar-refractivity contribution in [2.24, 2.45) is 5.92 Å². The van der Waals surface area contributed by atoms with Crippen molar-refractivity contribution < 1.29 is 9.59 Å². The van der Waals surface area contributed by atoms with E-state index in [9.17, 15) is 14.4 Å². The molecule has 0 atom stereocenters. The Balaban J connectivity index is 1.30. The average molecular weight is 543 g/mol. The largest absolute Gasteiger partial charge is 0.348 e. The van der Waals surface area contributed by atoms with Crippen LogP contribution >= 0.6 is 0 Å². The maximum atomic E-state index is 13.6. The number of likely N-dealkylation sites (tertiary alicyclic amines) is 1. The summed E-state index contributed by atoms with van der Waals surface area (Å²) in [5, 5.41) is 8.56. The lowest BCUT2D eigenvalue weighted by Crippen LogP contribution is -2.53. The van der Waals surface area contributed by atoms with Crippen LogP contribution < -0.4 is 10.9 Å². The molecule has 40 heavy (non-hydrogen) atoms. The minimum atomic E-state index is -0.223. The van der Waals surface area contributed by atoms with Crippen LogP contribution in [-0.4, -0.2) is 69.6 Å². The Morgan fingerprint density at radius 2 is 1.90 bits per heavy atom. The molecular weight excluding hydrogens is 504 g/mol. The fraction of sp³-hybridized carbons (Fsp3) is 0.484. The highest BCUT2D eigenvalue weighted by molar-refractivity contribution is 6.07. The number of aromatic nitrogens is 3. The number of aryl methyl sites for hydroxylation is 2. The fourth-order valence-electron chi connectivity index (χ4n) is 6.57. The van der Waals surface area contributed by atoms with Crippen LogP contribution in [0.1, 0.15) is 70.9 Å². The molecule has 0 radical (unpaired) electrons. The van der Waals surface area contributed by atoms with Gasteiger partial charge in [-0.25, -0.2) is 0 Å². The molecule has 2 N–H and O–H groups in total. The topological polar surface area (TPSA) is 103 Å². The van der Waals surface area contributed by atoms with Gasteiger partial charge in [-0.05, 0) is 75.1 Å². The first-order valence-electron chi connectivity index (χ1n) is 14.4. The number of carbonyl (C=O) groups excluding carboxylic acids is 2. The molecule has 2 fully saturated rings. The summed E-state index contributed by atoms with van der Waals surface area (Å²) < 4.78 is 2.10. The van der Waals surface area contributed by atoms with Gasteiger partial charge in [0, 0.05) is 49.4 Å². The summed E-state index contributed by atoms with van der Waals surface area (Å²) >= 11 is 0. The van der Waals surface area contributed by atoms with Crippen molar-refractivity contribution in [1.82, 2.24) is 29.9 Å². The third-order valence-corrected chi connectivity index (χ3v) is 8.86. The molecule has 0 bridgehead atoms. The molecule has 4 heterocycles. The van der Waals surface area contributed by atoms with Gasteiger partial charge in [-0.1, -0.05) is 18.9 Å². The number of pyridine rings is 1. The highest BCUT2D eigenvalue weighted by Crippen LogP contribution is 2.35. The molecule has 2 aromatic heterocycles. The second-order valence-corrected chi connectivity index (χ2v) is 11.8. The summed E-state index contributed by atoms with van der Waals surface area (Å²) in [5.41, 5.74) is 5.72. The first-order chi connectivity index (χ1) is 19.3. The summed E-state index contributed by atoms with van der Waals surface area (Å²) in [7, 11) is 2.04. The number of hydrogen-bond donors (Lipinski definition) is 2. The third kappa shape index (κ3) is 4.98. The third-order valence-electron chi connectivity index (χ3n) is 8.86. The van der Waals surface area contributed by atoms with Crippen LogP contribution in [0.25, 0.3) is 16.5 Å². The van der Waals surface area contributed by atoms with Crippen LogP contribution in [0, 0.1) is 19.8 Å². The summed E-state index contributed by atoms with van der Waals surface area (Å²) in [4.78, 5) is 46.0. The van der Waals surface area contributed by atoms with Crippen LogP contribution in [0.4, 0.5) is 0 Å². The second-order valence-electron chi connectivity index (χ2n) is 11.8. The maximum absolute atomic E-state index is 13.6. The number of fused-ring (bicyclic) bond motifs is 1. The zero-order valence-electron chi connectivity index (χ0n) is 23.6. The molecule has 210 valence electrons. The smallest absolute Gasteiger partial charge is 0.253 e. The normalized spacial score (nSPS) is 18.7. The van der Waals surface area contributed by atoms with E-state index in [1.807, 2.05) is 44.1 Å². The Morgan fingerprint density at radius 3 is 2.58 bits per heavy atom. The SMILES string of the molecule is Cc1cc(C)c(CNC(=O)c2cc(C3=CCN(C(=O)C4CN(C)C4)CC3)cc3c2cnn3C2CCCC2)c(=O)[nH]1. The predicted octanol–water partition coefficient (Wildman–Crippen LogP) is 3.56. The van der Waals surface area contributed by atoms with Crippen molar-refractivity contribution in [2.75, 3.05) is 33.2 Å². The summed E-state index contributed by atoms with van der Waals surface area (Å²) in [5.74, 6) is 0.126. The minimum Gasteiger partial charge on any atom is -0.348 e. The molecule has 1 saturated carbocycles. The van der Waals surface area contributed by atoms with Gasteiger partial charge in [0.25, 0.3) is 11.5 Å². The van der Waals surface area contributed by atoms with Crippen molar-refractivity contribution >= 4 is 28.3 Å². The predicted molar refractivity (Wildman–Crippen MR) is 155 cm³/mol. The van der Waals surface area contributed by atoms with Gasteiger partial charge in [-0.2, -0.15) is 5.10 Å². The lowest BCUT2D eigenvalue weighted by Gasteiger charge is -2.39. The molecule has 3 aliphatic rings. The van der Waals surface area contributed by atoms with Crippen molar-refractivity contribution in [3.05, 3.63) is 68.8 Å². The second kappa shape index (κ2) is 10.7. The molecule has 2 aliphatic heterocycles. The van der Waals surface area contributed by atoms with Gasteiger partial charge in [0.2, 0.25) is 5.91 Å². The molecule has 1 aromatic carbocycles. The Bertz CT molecular complexity index is 1550. The first kappa shape index (κ1) is 26.5. The number of nitrogens with one attached hydrogen (secondary N) is 2. The maximum Gasteiger partial charge on any atom is 0.253 e. The van der Waals surface area contributed by atoms with E-state index in [0.717, 1.165) is 65.6 Å². The molecule has 3 aromatic rings. The van der Waals surface area contributed by atoms with Gasteiger partial charge in [0.05, 0.1) is 29.2 Å². The minimum absolute atomic E-state index is 0.108. The van der Waals surface area contributed by atoms with E-state index in [2.05, 4.69) is 32.0 Å².